The molecule has 2 N–H and O–H groups in total. The molecule has 2 heterocycles. The summed E-state index contributed by atoms with van der Waals surface area (Å²) in [5.41, 5.74) is 5.86. The molecule has 0 radical (unpaired) electrons. The molecule has 1 saturated carbocycles. The van der Waals surface area contributed by atoms with Crippen LogP contribution in [0.1, 0.15) is 32.1 Å². The number of morpholine rings is 1. The van der Waals surface area contributed by atoms with Gasteiger partial charge in [-0.25, -0.2) is 0 Å². The highest BCUT2D eigenvalue weighted by Gasteiger charge is 2.49. The number of hydrogen-bond acceptors (Lipinski definition) is 3. The first-order valence-corrected chi connectivity index (χ1v) is 5.99. The molecule has 0 amide bonds. The SMILES string of the molecule is NCC1C2CC(CO2)N1C1CCCC1. The minimum atomic E-state index is 0.450. The van der Waals surface area contributed by atoms with E-state index in [2.05, 4.69) is 4.90 Å². The Labute approximate surface area is 85.6 Å². The van der Waals surface area contributed by atoms with Crippen molar-refractivity contribution < 1.29 is 4.74 Å². The van der Waals surface area contributed by atoms with E-state index in [4.69, 9.17) is 10.5 Å². The molecule has 2 saturated heterocycles. The first-order valence-electron chi connectivity index (χ1n) is 5.99. The van der Waals surface area contributed by atoms with Crippen LogP contribution in [0.2, 0.25) is 0 Å². The van der Waals surface area contributed by atoms with Crippen LogP contribution in [0.25, 0.3) is 0 Å². The largest absolute Gasteiger partial charge is 0.375 e. The van der Waals surface area contributed by atoms with Gasteiger partial charge in [0.1, 0.15) is 0 Å². The molecule has 3 aliphatic rings. The van der Waals surface area contributed by atoms with Crippen molar-refractivity contribution in [2.45, 2.75) is 56.3 Å². The van der Waals surface area contributed by atoms with Gasteiger partial charge in [-0.3, -0.25) is 4.90 Å². The van der Waals surface area contributed by atoms with E-state index >= 15 is 0 Å². The monoisotopic (exact) mass is 196 g/mol. The molecule has 80 valence electrons. The first-order chi connectivity index (χ1) is 6.90. The average molecular weight is 196 g/mol. The van der Waals surface area contributed by atoms with Crippen molar-refractivity contribution in [1.29, 1.82) is 0 Å². The minimum Gasteiger partial charge on any atom is -0.375 e. The number of nitrogens with two attached hydrogens (primary N) is 1. The topological polar surface area (TPSA) is 38.5 Å². The summed E-state index contributed by atoms with van der Waals surface area (Å²) in [6.45, 7) is 1.73. The van der Waals surface area contributed by atoms with Gasteiger partial charge >= 0.3 is 0 Å². The molecule has 14 heavy (non-hydrogen) atoms. The minimum absolute atomic E-state index is 0.450. The molecule has 0 spiro atoms. The number of fused-ring (bicyclic) bond motifs is 2. The zero-order valence-electron chi connectivity index (χ0n) is 8.69. The van der Waals surface area contributed by atoms with E-state index in [1.807, 2.05) is 0 Å². The number of nitrogens with zero attached hydrogens (tertiary/aromatic N) is 1. The zero-order valence-corrected chi connectivity index (χ0v) is 8.69. The van der Waals surface area contributed by atoms with Gasteiger partial charge in [-0.05, 0) is 19.3 Å². The van der Waals surface area contributed by atoms with Crippen molar-refractivity contribution in [1.82, 2.24) is 4.90 Å². The fourth-order valence-electron chi connectivity index (χ4n) is 3.62. The van der Waals surface area contributed by atoms with Crippen LogP contribution in [0, 0.1) is 0 Å². The van der Waals surface area contributed by atoms with Gasteiger partial charge in [0.05, 0.1) is 12.7 Å². The van der Waals surface area contributed by atoms with Crippen LogP contribution < -0.4 is 5.73 Å². The Balaban J connectivity index is 1.76. The van der Waals surface area contributed by atoms with Gasteiger partial charge in [0.2, 0.25) is 0 Å². The van der Waals surface area contributed by atoms with E-state index < -0.39 is 0 Å². The summed E-state index contributed by atoms with van der Waals surface area (Å²) in [6.07, 6.45) is 7.29. The smallest absolute Gasteiger partial charge is 0.0759 e. The maximum absolute atomic E-state index is 5.86. The normalized spacial score (nSPS) is 43.9. The fourth-order valence-corrected chi connectivity index (χ4v) is 3.62. The van der Waals surface area contributed by atoms with Crippen LogP contribution >= 0.6 is 0 Å². The van der Waals surface area contributed by atoms with Crippen molar-refractivity contribution in [2.24, 2.45) is 5.73 Å². The highest BCUT2D eigenvalue weighted by molar-refractivity contribution is 5.03. The van der Waals surface area contributed by atoms with Gasteiger partial charge in [0, 0.05) is 24.7 Å². The third kappa shape index (κ3) is 1.23. The standard InChI is InChI=1S/C11H20N2O/c12-6-10-11-5-9(7-14-11)13(10)8-3-1-2-4-8/h8-11H,1-7,12H2. The van der Waals surface area contributed by atoms with Crippen molar-refractivity contribution in [3.05, 3.63) is 0 Å². The lowest BCUT2D eigenvalue weighted by Crippen LogP contribution is -2.53. The van der Waals surface area contributed by atoms with Gasteiger partial charge in [0.15, 0.2) is 0 Å². The Kier molecular flexibility index (Phi) is 2.26. The summed E-state index contributed by atoms with van der Waals surface area (Å²) in [4.78, 5) is 2.70. The van der Waals surface area contributed by atoms with Gasteiger partial charge < -0.3 is 10.5 Å². The van der Waals surface area contributed by atoms with Crippen LogP contribution in [0.15, 0.2) is 0 Å². The molecule has 3 atom stereocenters. The highest BCUT2D eigenvalue weighted by atomic mass is 16.5. The number of rotatable bonds is 2. The maximum atomic E-state index is 5.86. The van der Waals surface area contributed by atoms with Gasteiger partial charge in [-0.2, -0.15) is 0 Å². The van der Waals surface area contributed by atoms with Crippen LogP contribution in [-0.4, -0.2) is 42.3 Å². The van der Waals surface area contributed by atoms with E-state index in [1.165, 1.54) is 32.1 Å². The lowest BCUT2D eigenvalue weighted by Gasteiger charge is -2.38. The van der Waals surface area contributed by atoms with E-state index in [0.717, 1.165) is 19.2 Å². The second-order valence-corrected chi connectivity index (χ2v) is 4.95. The number of likely N-dealkylation sites (tertiary alicyclic amines) is 1. The third-order valence-corrected chi connectivity index (χ3v) is 4.23. The van der Waals surface area contributed by atoms with Crippen LogP contribution in [0.5, 0.6) is 0 Å². The highest BCUT2D eigenvalue weighted by Crippen LogP contribution is 2.38. The summed E-state index contributed by atoms with van der Waals surface area (Å²) < 4.78 is 5.72. The summed E-state index contributed by atoms with van der Waals surface area (Å²) >= 11 is 0. The van der Waals surface area contributed by atoms with Crippen molar-refractivity contribution in [3.63, 3.8) is 0 Å². The summed E-state index contributed by atoms with van der Waals surface area (Å²) in [5.74, 6) is 0. The van der Waals surface area contributed by atoms with Gasteiger partial charge in [0.25, 0.3) is 0 Å². The van der Waals surface area contributed by atoms with Gasteiger partial charge in [-0.1, -0.05) is 12.8 Å². The predicted octanol–water partition coefficient (Wildman–Crippen LogP) is 0.729. The van der Waals surface area contributed by atoms with E-state index in [9.17, 15) is 0 Å². The van der Waals surface area contributed by atoms with E-state index in [0.29, 0.717) is 18.2 Å². The zero-order chi connectivity index (χ0) is 9.54. The van der Waals surface area contributed by atoms with Crippen LogP contribution in [0.3, 0.4) is 0 Å². The summed E-state index contributed by atoms with van der Waals surface area (Å²) in [5, 5.41) is 0. The van der Waals surface area contributed by atoms with Crippen molar-refractivity contribution in [2.75, 3.05) is 13.2 Å². The Hall–Kier alpha value is -0.120. The quantitative estimate of drug-likeness (QED) is 0.707. The van der Waals surface area contributed by atoms with Gasteiger partial charge in [-0.15, -0.1) is 0 Å². The Morgan fingerprint density at radius 2 is 2.00 bits per heavy atom. The predicted molar refractivity (Wildman–Crippen MR) is 55.1 cm³/mol. The lowest BCUT2D eigenvalue weighted by atomic mass is 10.1. The Bertz CT molecular complexity index is 215. The Morgan fingerprint density at radius 3 is 2.71 bits per heavy atom. The Morgan fingerprint density at radius 1 is 1.21 bits per heavy atom. The fraction of sp³-hybridized carbons (Fsp3) is 1.00. The molecule has 3 unspecified atom stereocenters. The molecular weight excluding hydrogens is 176 g/mol. The molecule has 2 bridgehead atoms. The first kappa shape index (κ1) is 9.13. The third-order valence-electron chi connectivity index (χ3n) is 4.23. The molecule has 3 rings (SSSR count). The molecule has 0 aromatic rings. The maximum Gasteiger partial charge on any atom is 0.0759 e. The molecule has 0 aromatic carbocycles. The van der Waals surface area contributed by atoms with Crippen molar-refractivity contribution >= 4 is 0 Å². The van der Waals surface area contributed by atoms with Crippen molar-refractivity contribution in [3.8, 4) is 0 Å². The second kappa shape index (κ2) is 3.47. The van der Waals surface area contributed by atoms with E-state index in [-0.39, 0.29) is 0 Å². The summed E-state index contributed by atoms with van der Waals surface area (Å²) in [6, 6.07) is 2.04. The molecular formula is C11H20N2O. The number of ether oxygens (including phenoxy) is 1. The molecule has 3 nitrogen and oxygen atoms in total. The molecule has 1 aliphatic carbocycles. The number of hydrogen-bond donors (Lipinski definition) is 1. The lowest BCUT2D eigenvalue weighted by molar-refractivity contribution is -0.0295. The summed E-state index contributed by atoms with van der Waals surface area (Å²) in [7, 11) is 0. The van der Waals surface area contributed by atoms with E-state index in [1.54, 1.807) is 0 Å². The molecule has 0 aromatic heterocycles. The molecule has 2 aliphatic heterocycles. The van der Waals surface area contributed by atoms with Crippen LogP contribution in [0.4, 0.5) is 0 Å². The molecule has 3 fully saturated rings. The molecule has 3 heteroatoms. The van der Waals surface area contributed by atoms with Crippen LogP contribution in [-0.2, 0) is 4.74 Å². The average Bonchev–Trinajstić information content (AvgIpc) is 2.92. The second-order valence-electron chi connectivity index (χ2n) is 4.95.